The molecule has 0 aromatic rings. The molecule has 0 saturated carbocycles. The van der Waals surface area contributed by atoms with Gasteiger partial charge in [0.05, 0.1) is 5.92 Å². The van der Waals surface area contributed by atoms with Gasteiger partial charge in [-0.3, -0.25) is 9.59 Å². The SMILES string of the molecule is CC(C)C(=O)O.CC(C)CC(=O)O. The highest BCUT2D eigenvalue weighted by Gasteiger charge is 1.99. The van der Waals surface area contributed by atoms with Crippen molar-refractivity contribution in [1.29, 1.82) is 0 Å². The number of aliphatic carboxylic acids is 2. The number of carboxylic acid groups (broad SMARTS) is 2. The molecule has 0 amide bonds. The molecule has 0 aliphatic heterocycles. The summed E-state index contributed by atoms with van der Waals surface area (Å²) in [5.74, 6) is -1.41. The normalized spacial score (nSPS) is 9.38. The lowest BCUT2D eigenvalue weighted by molar-refractivity contribution is -0.140. The highest BCUT2D eigenvalue weighted by atomic mass is 16.4. The van der Waals surface area contributed by atoms with E-state index < -0.39 is 11.9 Å². The molecule has 0 bridgehead atoms. The minimum atomic E-state index is -0.741. The summed E-state index contributed by atoms with van der Waals surface area (Å²) in [6.07, 6.45) is 0.278. The third kappa shape index (κ3) is 18.2. The van der Waals surface area contributed by atoms with Gasteiger partial charge in [-0.1, -0.05) is 27.7 Å². The van der Waals surface area contributed by atoms with Crippen molar-refractivity contribution in [3.63, 3.8) is 0 Å². The number of hydrogen-bond acceptors (Lipinski definition) is 2. The molecule has 0 aromatic carbocycles. The Morgan fingerprint density at radius 3 is 1.38 bits per heavy atom. The van der Waals surface area contributed by atoms with Crippen molar-refractivity contribution in [1.82, 2.24) is 0 Å². The molecule has 0 aliphatic carbocycles. The van der Waals surface area contributed by atoms with Crippen LogP contribution in [0.25, 0.3) is 0 Å². The molecule has 0 heterocycles. The molecule has 4 nitrogen and oxygen atoms in total. The second-order valence-corrected chi connectivity index (χ2v) is 3.48. The predicted molar refractivity (Wildman–Crippen MR) is 49.6 cm³/mol. The molecule has 0 saturated heterocycles. The quantitative estimate of drug-likeness (QED) is 0.712. The van der Waals surface area contributed by atoms with Crippen molar-refractivity contribution in [2.75, 3.05) is 0 Å². The first-order chi connectivity index (χ1) is 5.77. The van der Waals surface area contributed by atoms with Crippen molar-refractivity contribution < 1.29 is 19.8 Å². The van der Waals surface area contributed by atoms with Gasteiger partial charge in [0.2, 0.25) is 0 Å². The van der Waals surface area contributed by atoms with Crippen molar-refractivity contribution in [3.8, 4) is 0 Å². The largest absolute Gasteiger partial charge is 0.481 e. The summed E-state index contributed by atoms with van der Waals surface area (Å²) in [4.78, 5) is 19.5. The van der Waals surface area contributed by atoms with Crippen molar-refractivity contribution in [3.05, 3.63) is 0 Å². The van der Waals surface area contributed by atoms with Gasteiger partial charge in [0, 0.05) is 6.42 Å². The fourth-order valence-corrected chi connectivity index (χ4v) is 0.349. The average molecular weight is 190 g/mol. The first-order valence-electron chi connectivity index (χ1n) is 4.22. The average Bonchev–Trinajstić information content (AvgIpc) is 1.84. The molecule has 0 atom stereocenters. The zero-order valence-corrected chi connectivity index (χ0v) is 8.57. The third-order valence-corrected chi connectivity index (χ3v) is 1.08. The maximum absolute atomic E-state index is 9.81. The van der Waals surface area contributed by atoms with E-state index in [4.69, 9.17) is 10.2 Å². The molecule has 4 heteroatoms. The second kappa shape index (κ2) is 7.58. The zero-order valence-electron chi connectivity index (χ0n) is 8.57. The van der Waals surface area contributed by atoms with Crippen LogP contribution in [0.15, 0.2) is 0 Å². The zero-order chi connectivity index (χ0) is 11.0. The maximum atomic E-state index is 9.81. The summed E-state index contributed by atoms with van der Waals surface area (Å²) in [6.45, 7) is 7.05. The van der Waals surface area contributed by atoms with Crippen LogP contribution in [0.3, 0.4) is 0 Å². The van der Waals surface area contributed by atoms with Gasteiger partial charge < -0.3 is 10.2 Å². The van der Waals surface area contributed by atoms with Gasteiger partial charge in [0.15, 0.2) is 0 Å². The van der Waals surface area contributed by atoms with E-state index in [1.54, 1.807) is 13.8 Å². The molecular formula is C9H18O4. The van der Waals surface area contributed by atoms with Crippen LogP contribution >= 0.6 is 0 Å². The van der Waals surface area contributed by atoms with Crippen LogP contribution in [-0.4, -0.2) is 22.2 Å². The summed E-state index contributed by atoms with van der Waals surface area (Å²) >= 11 is 0. The first-order valence-corrected chi connectivity index (χ1v) is 4.22. The van der Waals surface area contributed by atoms with Crippen LogP contribution in [0.1, 0.15) is 34.1 Å². The Kier molecular flexibility index (Phi) is 8.44. The van der Waals surface area contributed by atoms with Gasteiger partial charge in [-0.05, 0) is 5.92 Å². The maximum Gasteiger partial charge on any atom is 0.305 e. The summed E-state index contributed by atoms with van der Waals surface area (Å²) in [5, 5.41) is 16.1. The number of hydrogen-bond donors (Lipinski definition) is 2. The number of rotatable bonds is 3. The molecule has 0 unspecified atom stereocenters. The van der Waals surface area contributed by atoms with Gasteiger partial charge in [-0.15, -0.1) is 0 Å². The van der Waals surface area contributed by atoms with Gasteiger partial charge in [-0.25, -0.2) is 0 Å². The van der Waals surface area contributed by atoms with Gasteiger partial charge in [0.25, 0.3) is 0 Å². The Bertz CT molecular complexity index is 161. The summed E-state index contributed by atoms with van der Waals surface area (Å²) in [6, 6.07) is 0. The molecule has 0 aromatic heterocycles. The Balaban J connectivity index is 0. The number of carboxylic acids is 2. The van der Waals surface area contributed by atoms with E-state index in [0.717, 1.165) is 0 Å². The summed E-state index contributed by atoms with van der Waals surface area (Å²) in [5.41, 5.74) is 0. The molecule has 0 aliphatic rings. The summed E-state index contributed by atoms with van der Waals surface area (Å²) in [7, 11) is 0. The Morgan fingerprint density at radius 2 is 1.38 bits per heavy atom. The van der Waals surface area contributed by atoms with Crippen molar-refractivity contribution >= 4 is 11.9 Å². The van der Waals surface area contributed by atoms with E-state index in [9.17, 15) is 9.59 Å². The second-order valence-electron chi connectivity index (χ2n) is 3.48. The predicted octanol–water partition coefficient (Wildman–Crippen LogP) is 1.84. The van der Waals surface area contributed by atoms with Crippen LogP contribution < -0.4 is 0 Å². The van der Waals surface area contributed by atoms with E-state index in [1.165, 1.54) is 0 Å². The Labute approximate surface area is 78.6 Å². The van der Waals surface area contributed by atoms with Crippen molar-refractivity contribution in [2.45, 2.75) is 34.1 Å². The molecule has 0 fully saturated rings. The molecular weight excluding hydrogens is 172 g/mol. The van der Waals surface area contributed by atoms with E-state index in [2.05, 4.69) is 0 Å². The monoisotopic (exact) mass is 190 g/mol. The molecule has 13 heavy (non-hydrogen) atoms. The highest BCUT2D eigenvalue weighted by Crippen LogP contribution is 1.96. The van der Waals surface area contributed by atoms with E-state index in [1.807, 2.05) is 13.8 Å². The lowest BCUT2D eigenvalue weighted by Gasteiger charge is -1.94. The lowest BCUT2D eigenvalue weighted by Crippen LogP contribution is -2.03. The van der Waals surface area contributed by atoms with Crippen LogP contribution in [-0.2, 0) is 9.59 Å². The standard InChI is InChI=1S/C5H10O2.C4H8O2/c1-4(2)3-5(6)7;1-3(2)4(5)6/h4H,3H2,1-2H3,(H,6,7);3H,1-2H3,(H,5,6). The summed E-state index contributed by atoms with van der Waals surface area (Å²) < 4.78 is 0. The lowest BCUT2D eigenvalue weighted by atomic mass is 10.1. The van der Waals surface area contributed by atoms with E-state index in [0.29, 0.717) is 0 Å². The van der Waals surface area contributed by atoms with Crippen LogP contribution in [0.5, 0.6) is 0 Å². The fraction of sp³-hybridized carbons (Fsp3) is 0.778. The highest BCUT2D eigenvalue weighted by molar-refractivity contribution is 5.68. The fourth-order valence-electron chi connectivity index (χ4n) is 0.349. The minimum absolute atomic E-state index is 0.231. The topological polar surface area (TPSA) is 74.6 Å². The Morgan fingerprint density at radius 1 is 1.08 bits per heavy atom. The number of carbonyl (C=O) groups is 2. The molecule has 0 radical (unpaired) electrons. The molecule has 2 N–H and O–H groups in total. The van der Waals surface area contributed by atoms with Gasteiger partial charge in [0.1, 0.15) is 0 Å². The van der Waals surface area contributed by atoms with Crippen molar-refractivity contribution in [2.24, 2.45) is 11.8 Å². The van der Waals surface area contributed by atoms with Crippen LogP contribution in [0.2, 0.25) is 0 Å². The van der Waals surface area contributed by atoms with Crippen LogP contribution in [0, 0.1) is 11.8 Å². The molecule has 0 rings (SSSR count). The van der Waals surface area contributed by atoms with E-state index in [-0.39, 0.29) is 18.3 Å². The minimum Gasteiger partial charge on any atom is -0.481 e. The third-order valence-electron chi connectivity index (χ3n) is 1.08. The van der Waals surface area contributed by atoms with Crippen LogP contribution in [0.4, 0.5) is 0 Å². The smallest absolute Gasteiger partial charge is 0.305 e. The Hall–Kier alpha value is -1.06. The van der Waals surface area contributed by atoms with Gasteiger partial charge in [-0.2, -0.15) is 0 Å². The first kappa shape index (κ1) is 14.5. The molecule has 78 valence electrons. The van der Waals surface area contributed by atoms with Gasteiger partial charge >= 0.3 is 11.9 Å². The van der Waals surface area contributed by atoms with E-state index >= 15 is 0 Å². The molecule has 0 spiro atoms.